The molecule has 2 aromatic carbocycles. The first kappa shape index (κ1) is 13.9. The van der Waals surface area contributed by atoms with Crippen molar-refractivity contribution in [2.24, 2.45) is 0 Å². The molecular formula is C16H17N3OS. The van der Waals surface area contributed by atoms with Crippen LogP contribution in [0.15, 0.2) is 36.4 Å². The van der Waals surface area contributed by atoms with E-state index < -0.39 is 0 Å². The number of hydrogen-bond acceptors (Lipinski definition) is 5. The molecule has 0 aliphatic rings. The minimum absolute atomic E-state index is 0.0556. The van der Waals surface area contributed by atoms with Crippen LogP contribution in [-0.2, 0) is 13.2 Å². The van der Waals surface area contributed by atoms with Crippen molar-refractivity contribution in [1.82, 2.24) is 4.98 Å². The van der Waals surface area contributed by atoms with E-state index in [4.69, 9.17) is 10.8 Å². The molecule has 3 rings (SSSR count). The molecule has 0 aliphatic heterocycles. The second-order valence-electron chi connectivity index (χ2n) is 4.97. The van der Waals surface area contributed by atoms with E-state index >= 15 is 0 Å². The van der Waals surface area contributed by atoms with Crippen LogP contribution < -0.4 is 11.1 Å². The molecule has 1 heterocycles. The van der Waals surface area contributed by atoms with Crippen molar-refractivity contribution in [3.8, 4) is 0 Å². The van der Waals surface area contributed by atoms with Gasteiger partial charge in [-0.05, 0) is 30.2 Å². The van der Waals surface area contributed by atoms with Crippen LogP contribution in [0.4, 0.5) is 11.4 Å². The van der Waals surface area contributed by atoms with Crippen LogP contribution in [-0.4, -0.2) is 10.1 Å². The summed E-state index contributed by atoms with van der Waals surface area (Å²) < 4.78 is 1.11. The lowest BCUT2D eigenvalue weighted by molar-refractivity contribution is 0.281. The minimum Gasteiger partial charge on any atom is -0.397 e. The highest BCUT2D eigenvalue weighted by Crippen LogP contribution is 2.30. The molecular weight excluding hydrogens is 282 g/mol. The average Bonchev–Trinajstić information content (AvgIpc) is 2.84. The normalized spacial score (nSPS) is 11.0. The summed E-state index contributed by atoms with van der Waals surface area (Å²) in [5.74, 6) is 0. The molecule has 0 radical (unpaired) electrons. The lowest BCUT2D eigenvalue weighted by Crippen LogP contribution is -2.03. The summed E-state index contributed by atoms with van der Waals surface area (Å²) >= 11 is 1.65. The minimum atomic E-state index is 0.0556. The molecule has 108 valence electrons. The van der Waals surface area contributed by atoms with E-state index in [9.17, 15) is 0 Å². The molecule has 0 unspecified atom stereocenters. The standard InChI is InChI=1S/C16H17N3OS/c1-10-19-15-7-14(13(17)6-16(15)21-10)18-8-11-3-2-4-12(5-11)9-20/h2-7,18,20H,8-9,17H2,1H3. The van der Waals surface area contributed by atoms with Crippen LogP contribution >= 0.6 is 11.3 Å². The van der Waals surface area contributed by atoms with Gasteiger partial charge in [0.05, 0.1) is 33.2 Å². The molecule has 0 saturated heterocycles. The van der Waals surface area contributed by atoms with Gasteiger partial charge in [-0.1, -0.05) is 24.3 Å². The molecule has 0 amide bonds. The van der Waals surface area contributed by atoms with E-state index in [1.165, 1.54) is 0 Å². The molecule has 0 spiro atoms. The van der Waals surface area contributed by atoms with E-state index in [1.54, 1.807) is 11.3 Å². The quantitative estimate of drug-likeness (QED) is 0.646. The Morgan fingerprint density at radius 1 is 1.24 bits per heavy atom. The number of aliphatic hydroxyl groups excluding tert-OH is 1. The first-order chi connectivity index (χ1) is 10.2. The van der Waals surface area contributed by atoms with Gasteiger partial charge in [-0.15, -0.1) is 11.3 Å². The molecule has 4 N–H and O–H groups in total. The van der Waals surface area contributed by atoms with Crippen molar-refractivity contribution in [1.29, 1.82) is 0 Å². The highest BCUT2D eigenvalue weighted by molar-refractivity contribution is 7.18. The van der Waals surface area contributed by atoms with E-state index in [-0.39, 0.29) is 6.61 Å². The summed E-state index contributed by atoms with van der Waals surface area (Å²) in [6.45, 7) is 2.71. The van der Waals surface area contributed by atoms with Crippen molar-refractivity contribution in [3.05, 3.63) is 52.5 Å². The number of fused-ring (bicyclic) bond motifs is 1. The summed E-state index contributed by atoms with van der Waals surface area (Å²) in [7, 11) is 0. The van der Waals surface area contributed by atoms with Gasteiger partial charge in [0.1, 0.15) is 0 Å². The van der Waals surface area contributed by atoms with Gasteiger partial charge in [0.25, 0.3) is 0 Å². The average molecular weight is 299 g/mol. The third-order valence-electron chi connectivity index (χ3n) is 3.32. The van der Waals surface area contributed by atoms with Crippen LogP contribution in [0, 0.1) is 6.92 Å². The van der Waals surface area contributed by atoms with Gasteiger partial charge in [-0.2, -0.15) is 0 Å². The fraction of sp³-hybridized carbons (Fsp3) is 0.188. The lowest BCUT2D eigenvalue weighted by Gasteiger charge is -2.10. The summed E-state index contributed by atoms with van der Waals surface area (Å²) in [5, 5.41) is 13.5. The molecule has 3 aromatic rings. The summed E-state index contributed by atoms with van der Waals surface area (Å²) in [4.78, 5) is 4.49. The summed E-state index contributed by atoms with van der Waals surface area (Å²) in [6.07, 6.45) is 0. The fourth-order valence-corrected chi connectivity index (χ4v) is 3.15. The van der Waals surface area contributed by atoms with Crippen molar-refractivity contribution < 1.29 is 5.11 Å². The Labute approximate surface area is 127 Å². The van der Waals surface area contributed by atoms with Crippen LogP contribution in [0.5, 0.6) is 0 Å². The predicted molar refractivity (Wildman–Crippen MR) is 88.5 cm³/mol. The number of nitrogens with one attached hydrogen (secondary N) is 1. The summed E-state index contributed by atoms with van der Waals surface area (Å²) in [5.41, 5.74) is 10.7. The topological polar surface area (TPSA) is 71.2 Å². The van der Waals surface area contributed by atoms with Crippen LogP contribution in [0.2, 0.25) is 0 Å². The number of anilines is 2. The molecule has 1 aromatic heterocycles. The second-order valence-corrected chi connectivity index (χ2v) is 6.21. The molecule has 0 bridgehead atoms. The Kier molecular flexibility index (Phi) is 3.77. The Morgan fingerprint density at radius 3 is 2.86 bits per heavy atom. The molecule has 0 atom stereocenters. The number of hydrogen-bond donors (Lipinski definition) is 3. The summed E-state index contributed by atoms with van der Waals surface area (Å²) in [6, 6.07) is 11.8. The Bertz CT molecular complexity index is 782. The van der Waals surface area contributed by atoms with Crippen molar-refractivity contribution in [3.63, 3.8) is 0 Å². The number of thiazole rings is 1. The largest absolute Gasteiger partial charge is 0.397 e. The van der Waals surface area contributed by atoms with Gasteiger partial charge in [-0.3, -0.25) is 0 Å². The highest BCUT2D eigenvalue weighted by atomic mass is 32.1. The smallest absolute Gasteiger partial charge is 0.0907 e. The third kappa shape index (κ3) is 2.99. The van der Waals surface area contributed by atoms with Crippen LogP contribution in [0.25, 0.3) is 10.2 Å². The maximum atomic E-state index is 9.16. The molecule has 0 aliphatic carbocycles. The van der Waals surface area contributed by atoms with Crippen LogP contribution in [0.3, 0.4) is 0 Å². The number of aromatic nitrogens is 1. The highest BCUT2D eigenvalue weighted by Gasteiger charge is 2.06. The fourth-order valence-electron chi connectivity index (χ4n) is 2.29. The monoisotopic (exact) mass is 299 g/mol. The van der Waals surface area contributed by atoms with Gasteiger partial charge >= 0.3 is 0 Å². The Morgan fingerprint density at radius 2 is 2.05 bits per heavy atom. The predicted octanol–water partition coefficient (Wildman–Crippen LogP) is 3.29. The third-order valence-corrected chi connectivity index (χ3v) is 4.26. The van der Waals surface area contributed by atoms with E-state index in [2.05, 4.69) is 10.3 Å². The maximum Gasteiger partial charge on any atom is 0.0907 e. The first-order valence-electron chi connectivity index (χ1n) is 6.75. The molecule has 0 fully saturated rings. The van der Waals surface area contributed by atoms with Gasteiger partial charge in [0, 0.05) is 6.54 Å². The van der Waals surface area contributed by atoms with Crippen LogP contribution in [0.1, 0.15) is 16.1 Å². The SMILES string of the molecule is Cc1nc2cc(NCc3cccc(CO)c3)c(N)cc2s1. The van der Waals surface area contributed by atoms with E-state index in [1.807, 2.05) is 43.3 Å². The second kappa shape index (κ2) is 5.71. The number of rotatable bonds is 4. The van der Waals surface area contributed by atoms with Gasteiger partial charge in [0.2, 0.25) is 0 Å². The lowest BCUT2D eigenvalue weighted by atomic mass is 10.1. The van der Waals surface area contributed by atoms with Gasteiger partial charge in [0.15, 0.2) is 0 Å². The van der Waals surface area contributed by atoms with Crippen molar-refractivity contribution >= 4 is 32.9 Å². The number of aryl methyl sites for hydroxylation is 1. The number of benzene rings is 2. The molecule has 5 heteroatoms. The molecule has 4 nitrogen and oxygen atoms in total. The number of nitrogens with two attached hydrogens (primary N) is 1. The first-order valence-corrected chi connectivity index (χ1v) is 7.56. The maximum absolute atomic E-state index is 9.16. The van der Waals surface area contributed by atoms with Crippen molar-refractivity contribution in [2.45, 2.75) is 20.1 Å². The van der Waals surface area contributed by atoms with E-state index in [0.29, 0.717) is 6.54 Å². The zero-order valence-corrected chi connectivity index (χ0v) is 12.6. The van der Waals surface area contributed by atoms with Crippen molar-refractivity contribution in [2.75, 3.05) is 11.1 Å². The Hall–Kier alpha value is -2.11. The zero-order chi connectivity index (χ0) is 14.8. The number of nitrogen functional groups attached to an aromatic ring is 1. The zero-order valence-electron chi connectivity index (χ0n) is 11.8. The number of aliphatic hydroxyl groups is 1. The van der Waals surface area contributed by atoms with Gasteiger partial charge < -0.3 is 16.2 Å². The van der Waals surface area contributed by atoms with Gasteiger partial charge in [-0.25, -0.2) is 4.98 Å². The van der Waals surface area contributed by atoms with E-state index in [0.717, 1.165) is 37.7 Å². The Balaban J connectivity index is 1.82. The number of nitrogens with zero attached hydrogens (tertiary/aromatic N) is 1. The molecule has 0 saturated carbocycles. The molecule has 21 heavy (non-hydrogen) atoms.